The first-order valence-electron chi connectivity index (χ1n) is 15.4. The fourth-order valence-corrected chi connectivity index (χ4v) is 5.85. The minimum atomic E-state index is -0.0141. The number of para-hydroxylation sites is 2. The minimum Gasteiger partial charge on any atom is -0.496 e. The molecule has 0 aliphatic carbocycles. The van der Waals surface area contributed by atoms with Crippen LogP contribution in [-0.2, 0) is 33.7 Å². The lowest BCUT2D eigenvalue weighted by Gasteiger charge is -2.33. The Kier molecular flexibility index (Phi) is 11.3. The van der Waals surface area contributed by atoms with Crippen LogP contribution in [0, 0.1) is 0 Å². The molecule has 3 unspecified atom stereocenters. The molecule has 0 radical (unpaired) electrons. The van der Waals surface area contributed by atoms with Crippen molar-refractivity contribution in [1.29, 1.82) is 0 Å². The summed E-state index contributed by atoms with van der Waals surface area (Å²) in [5, 5.41) is 6.37. The summed E-state index contributed by atoms with van der Waals surface area (Å²) >= 11 is 0. The van der Waals surface area contributed by atoms with Crippen molar-refractivity contribution in [3.05, 3.63) is 89.0 Å². The highest BCUT2D eigenvalue weighted by Crippen LogP contribution is 2.34. The molecule has 0 spiro atoms. The molecule has 1 amide bonds. The van der Waals surface area contributed by atoms with Crippen molar-refractivity contribution in [3.63, 3.8) is 0 Å². The van der Waals surface area contributed by atoms with Crippen molar-refractivity contribution in [2.75, 3.05) is 46.6 Å². The SMILES string of the molecule is COc1ccccc1COCCCOc1ccc(C2CCNCC2OCC2Cc3cccc(CCNC(C)=O)c3O2)cc1. The second-order valence-electron chi connectivity index (χ2n) is 11.2. The number of amides is 1. The van der Waals surface area contributed by atoms with Gasteiger partial charge in [-0.05, 0) is 54.3 Å². The molecule has 230 valence electrons. The van der Waals surface area contributed by atoms with Crippen LogP contribution in [0.2, 0.25) is 0 Å². The van der Waals surface area contributed by atoms with Crippen molar-refractivity contribution in [2.24, 2.45) is 0 Å². The van der Waals surface area contributed by atoms with Crippen LogP contribution >= 0.6 is 0 Å². The lowest BCUT2D eigenvalue weighted by atomic mass is 9.87. The Bertz CT molecular complexity index is 1310. The van der Waals surface area contributed by atoms with Crippen molar-refractivity contribution < 1.29 is 28.5 Å². The molecule has 0 saturated carbocycles. The van der Waals surface area contributed by atoms with Crippen molar-refractivity contribution in [2.45, 2.75) is 57.3 Å². The van der Waals surface area contributed by atoms with Crippen LogP contribution < -0.4 is 24.8 Å². The highest BCUT2D eigenvalue weighted by atomic mass is 16.5. The highest BCUT2D eigenvalue weighted by molar-refractivity contribution is 5.72. The normalized spacial score (nSPS) is 19.3. The van der Waals surface area contributed by atoms with Gasteiger partial charge in [-0.15, -0.1) is 0 Å². The van der Waals surface area contributed by atoms with E-state index in [2.05, 4.69) is 53.1 Å². The summed E-state index contributed by atoms with van der Waals surface area (Å²) in [5.41, 5.74) is 4.67. The lowest BCUT2D eigenvalue weighted by Crippen LogP contribution is -2.42. The Morgan fingerprint density at radius 3 is 2.70 bits per heavy atom. The molecule has 0 bridgehead atoms. The van der Waals surface area contributed by atoms with Crippen LogP contribution in [-0.4, -0.2) is 64.7 Å². The first-order valence-corrected chi connectivity index (χ1v) is 15.4. The van der Waals surface area contributed by atoms with E-state index in [4.69, 9.17) is 23.7 Å². The number of ether oxygens (including phenoxy) is 5. The number of methoxy groups -OCH3 is 1. The monoisotopic (exact) mass is 588 g/mol. The standard InChI is InChI=1S/C35H44N2O6/c1-25(38)37-18-15-27-8-5-9-28-21-31(43-35(27)28)24-42-34-22-36-17-16-32(34)26-11-13-30(14-12-26)41-20-6-19-40-23-29-7-3-4-10-33(29)39-2/h3-5,7-14,31-32,34,36H,6,15-24H2,1-2H3,(H,37,38). The number of hydrogen-bond donors (Lipinski definition) is 2. The van der Waals surface area contributed by atoms with E-state index in [0.29, 0.717) is 38.9 Å². The predicted octanol–water partition coefficient (Wildman–Crippen LogP) is 4.83. The van der Waals surface area contributed by atoms with Gasteiger partial charge in [0.15, 0.2) is 0 Å². The second-order valence-corrected chi connectivity index (χ2v) is 11.2. The van der Waals surface area contributed by atoms with E-state index < -0.39 is 0 Å². The number of fused-ring (bicyclic) bond motifs is 1. The van der Waals surface area contributed by atoms with Gasteiger partial charge in [-0.3, -0.25) is 4.79 Å². The Hall–Kier alpha value is -3.59. The maximum absolute atomic E-state index is 11.3. The fraction of sp³-hybridized carbons (Fsp3) is 0.457. The van der Waals surface area contributed by atoms with Gasteiger partial charge < -0.3 is 34.3 Å². The lowest BCUT2D eigenvalue weighted by molar-refractivity contribution is -0.118. The van der Waals surface area contributed by atoms with E-state index >= 15 is 0 Å². The van der Waals surface area contributed by atoms with Crippen molar-refractivity contribution in [3.8, 4) is 17.2 Å². The fourth-order valence-electron chi connectivity index (χ4n) is 5.85. The van der Waals surface area contributed by atoms with E-state index in [1.165, 1.54) is 11.1 Å². The molecule has 8 heteroatoms. The molecule has 2 aliphatic rings. The summed E-state index contributed by atoms with van der Waals surface area (Å²) < 4.78 is 30.0. The number of benzene rings is 3. The van der Waals surface area contributed by atoms with Gasteiger partial charge in [0.05, 0.1) is 39.6 Å². The average Bonchev–Trinajstić information content (AvgIpc) is 3.46. The van der Waals surface area contributed by atoms with E-state index in [-0.39, 0.29) is 18.1 Å². The third kappa shape index (κ3) is 8.72. The topological polar surface area (TPSA) is 87.3 Å². The molecule has 2 aliphatic heterocycles. The molecule has 1 saturated heterocycles. The van der Waals surface area contributed by atoms with E-state index in [1.54, 1.807) is 14.0 Å². The molecule has 3 atom stereocenters. The van der Waals surface area contributed by atoms with Gasteiger partial charge in [0.2, 0.25) is 5.91 Å². The maximum atomic E-state index is 11.3. The number of hydrogen-bond acceptors (Lipinski definition) is 7. The van der Waals surface area contributed by atoms with E-state index in [1.807, 2.05) is 24.3 Å². The zero-order valence-electron chi connectivity index (χ0n) is 25.3. The quantitative estimate of drug-likeness (QED) is 0.246. The number of piperidine rings is 1. The van der Waals surface area contributed by atoms with E-state index in [0.717, 1.165) is 67.1 Å². The first-order chi connectivity index (χ1) is 21.1. The van der Waals surface area contributed by atoms with Gasteiger partial charge in [0.25, 0.3) is 0 Å². The van der Waals surface area contributed by atoms with Gasteiger partial charge in [-0.25, -0.2) is 0 Å². The molecular weight excluding hydrogens is 544 g/mol. The van der Waals surface area contributed by atoms with Gasteiger partial charge in [-0.2, -0.15) is 0 Å². The maximum Gasteiger partial charge on any atom is 0.216 e. The van der Waals surface area contributed by atoms with Crippen LogP contribution in [0.15, 0.2) is 66.7 Å². The predicted molar refractivity (Wildman–Crippen MR) is 166 cm³/mol. The summed E-state index contributed by atoms with van der Waals surface area (Å²) in [6, 6.07) is 22.6. The van der Waals surface area contributed by atoms with E-state index in [9.17, 15) is 4.79 Å². The van der Waals surface area contributed by atoms with Crippen LogP contribution in [0.25, 0.3) is 0 Å². The molecule has 8 nitrogen and oxygen atoms in total. The summed E-state index contributed by atoms with van der Waals surface area (Å²) in [4.78, 5) is 11.3. The highest BCUT2D eigenvalue weighted by Gasteiger charge is 2.31. The third-order valence-electron chi connectivity index (χ3n) is 8.06. The molecule has 2 N–H and O–H groups in total. The second kappa shape index (κ2) is 15.8. The Balaban J connectivity index is 1.05. The van der Waals surface area contributed by atoms with Gasteiger partial charge in [0, 0.05) is 44.3 Å². The van der Waals surface area contributed by atoms with Crippen LogP contribution in [0.5, 0.6) is 17.2 Å². The number of carbonyl (C=O) groups is 1. The van der Waals surface area contributed by atoms with Crippen LogP contribution in [0.1, 0.15) is 47.9 Å². The largest absolute Gasteiger partial charge is 0.496 e. The number of carbonyl (C=O) groups excluding carboxylic acids is 1. The summed E-state index contributed by atoms with van der Waals surface area (Å²) in [5.74, 6) is 2.97. The number of nitrogens with one attached hydrogen (secondary N) is 2. The van der Waals surface area contributed by atoms with Gasteiger partial charge in [-0.1, -0.05) is 48.5 Å². The van der Waals surface area contributed by atoms with Crippen molar-refractivity contribution >= 4 is 5.91 Å². The Morgan fingerprint density at radius 2 is 1.86 bits per heavy atom. The zero-order chi connectivity index (χ0) is 29.9. The molecule has 3 aromatic carbocycles. The number of rotatable bonds is 15. The van der Waals surface area contributed by atoms with Gasteiger partial charge in [0.1, 0.15) is 23.4 Å². The summed E-state index contributed by atoms with van der Waals surface area (Å²) in [6.07, 6.45) is 3.49. The summed E-state index contributed by atoms with van der Waals surface area (Å²) in [6.45, 7) is 6.23. The molecule has 3 aromatic rings. The summed E-state index contributed by atoms with van der Waals surface area (Å²) in [7, 11) is 1.68. The molecule has 1 fully saturated rings. The molecule has 43 heavy (non-hydrogen) atoms. The first kappa shape index (κ1) is 30.9. The molecule has 2 heterocycles. The zero-order valence-corrected chi connectivity index (χ0v) is 25.3. The Morgan fingerprint density at radius 1 is 1.02 bits per heavy atom. The molecular formula is C35H44N2O6. The Labute approximate surface area is 255 Å². The average molecular weight is 589 g/mol. The van der Waals surface area contributed by atoms with Crippen LogP contribution in [0.3, 0.4) is 0 Å². The smallest absolute Gasteiger partial charge is 0.216 e. The van der Waals surface area contributed by atoms with Crippen molar-refractivity contribution in [1.82, 2.24) is 10.6 Å². The van der Waals surface area contributed by atoms with Crippen LogP contribution in [0.4, 0.5) is 0 Å². The third-order valence-corrected chi connectivity index (χ3v) is 8.06. The molecule has 5 rings (SSSR count). The van der Waals surface area contributed by atoms with Gasteiger partial charge >= 0.3 is 0 Å². The minimum absolute atomic E-state index is 0.00558. The molecule has 0 aromatic heterocycles.